The van der Waals surface area contributed by atoms with E-state index >= 15 is 0 Å². The fourth-order valence-corrected chi connectivity index (χ4v) is 1.40. The summed E-state index contributed by atoms with van der Waals surface area (Å²) in [5.74, 6) is -1.17. The number of aromatic carboxylic acids is 1. The van der Waals surface area contributed by atoms with E-state index in [4.69, 9.17) is 9.52 Å². The number of nitrogens with zero attached hydrogens (tertiary/aromatic N) is 2. The van der Waals surface area contributed by atoms with E-state index in [0.29, 0.717) is 0 Å². The van der Waals surface area contributed by atoms with E-state index in [0.717, 1.165) is 23.2 Å². The zero-order valence-electron chi connectivity index (χ0n) is 8.81. The van der Waals surface area contributed by atoms with Gasteiger partial charge in [-0.1, -0.05) is 0 Å². The van der Waals surface area contributed by atoms with Crippen molar-refractivity contribution < 1.29 is 27.5 Å². The number of furan rings is 1. The lowest BCUT2D eigenvalue weighted by Crippen LogP contribution is -2.09. The van der Waals surface area contributed by atoms with Gasteiger partial charge in [-0.3, -0.25) is 4.68 Å². The summed E-state index contributed by atoms with van der Waals surface area (Å²) >= 11 is 0. The molecule has 0 saturated carbocycles. The van der Waals surface area contributed by atoms with Crippen LogP contribution in [0.5, 0.6) is 0 Å². The number of carboxylic acid groups (broad SMARTS) is 1. The van der Waals surface area contributed by atoms with E-state index in [1.807, 2.05) is 0 Å². The Morgan fingerprint density at radius 3 is 2.72 bits per heavy atom. The molecule has 96 valence electrons. The van der Waals surface area contributed by atoms with E-state index in [2.05, 4.69) is 5.10 Å². The SMILES string of the molecule is O=C(O)c1ccoc1Cn1ccc(C(F)(F)F)n1. The minimum Gasteiger partial charge on any atom is -0.478 e. The molecule has 0 saturated heterocycles. The summed E-state index contributed by atoms with van der Waals surface area (Å²) in [6, 6.07) is 2.04. The third kappa shape index (κ3) is 2.36. The molecule has 2 aromatic heterocycles. The fourth-order valence-electron chi connectivity index (χ4n) is 1.40. The lowest BCUT2D eigenvalue weighted by atomic mass is 10.2. The molecule has 5 nitrogen and oxygen atoms in total. The first-order valence-corrected chi connectivity index (χ1v) is 4.78. The molecule has 0 spiro atoms. The van der Waals surface area contributed by atoms with E-state index < -0.39 is 17.8 Å². The van der Waals surface area contributed by atoms with Crippen LogP contribution in [0, 0.1) is 0 Å². The van der Waals surface area contributed by atoms with E-state index in [1.54, 1.807) is 0 Å². The van der Waals surface area contributed by atoms with Crippen LogP contribution < -0.4 is 0 Å². The predicted molar refractivity (Wildman–Crippen MR) is 52.0 cm³/mol. The maximum absolute atomic E-state index is 12.3. The molecule has 0 aliphatic heterocycles. The molecule has 18 heavy (non-hydrogen) atoms. The van der Waals surface area contributed by atoms with Crippen molar-refractivity contribution >= 4 is 5.97 Å². The number of hydrogen-bond acceptors (Lipinski definition) is 3. The van der Waals surface area contributed by atoms with Crippen LogP contribution >= 0.6 is 0 Å². The van der Waals surface area contributed by atoms with Gasteiger partial charge in [0.2, 0.25) is 0 Å². The molecule has 0 aliphatic rings. The topological polar surface area (TPSA) is 68.3 Å². The average Bonchev–Trinajstić information content (AvgIpc) is 2.85. The predicted octanol–water partition coefficient (Wildman–Crippen LogP) is 2.24. The summed E-state index contributed by atoms with van der Waals surface area (Å²) < 4.78 is 42.8. The average molecular weight is 260 g/mol. The van der Waals surface area contributed by atoms with Crippen molar-refractivity contribution in [3.05, 3.63) is 41.6 Å². The van der Waals surface area contributed by atoms with Crippen molar-refractivity contribution in [3.63, 3.8) is 0 Å². The normalized spacial score (nSPS) is 11.7. The Hall–Kier alpha value is -2.25. The third-order valence-corrected chi connectivity index (χ3v) is 2.21. The molecule has 8 heteroatoms. The van der Waals surface area contributed by atoms with Gasteiger partial charge in [-0.25, -0.2) is 4.79 Å². The summed E-state index contributed by atoms with van der Waals surface area (Å²) in [6.07, 6.45) is -2.26. The van der Waals surface area contributed by atoms with Crippen molar-refractivity contribution in [1.82, 2.24) is 9.78 Å². The van der Waals surface area contributed by atoms with Crippen molar-refractivity contribution in [1.29, 1.82) is 0 Å². The number of hydrogen-bond donors (Lipinski definition) is 1. The van der Waals surface area contributed by atoms with Gasteiger partial charge in [-0.15, -0.1) is 0 Å². The molecule has 0 aliphatic carbocycles. The van der Waals surface area contributed by atoms with Crippen molar-refractivity contribution in [2.45, 2.75) is 12.7 Å². The van der Waals surface area contributed by atoms with Gasteiger partial charge < -0.3 is 9.52 Å². The van der Waals surface area contributed by atoms with Crippen LogP contribution in [0.15, 0.2) is 29.0 Å². The van der Waals surface area contributed by atoms with Gasteiger partial charge >= 0.3 is 12.1 Å². The Balaban J connectivity index is 2.22. The van der Waals surface area contributed by atoms with Crippen LogP contribution in [0.4, 0.5) is 13.2 Å². The molecule has 0 bridgehead atoms. The summed E-state index contributed by atoms with van der Waals surface area (Å²) in [6.45, 7) is -0.176. The summed E-state index contributed by atoms with van der Waals surface area (Å²) in [7, 11) is 0. The molecule has 2 rings (SSSR count). The largest absolute Gasteiger partial charge is 0.478 e. The number of rotatable bonds is 3. The molecule has 0 aromatic carbocycles. The summed E-state index contributed by atoms with van der Waals surface area (Å²) in [5, 5.41) is 12.1. The highest BCUT2D eigenvalue weighted by atomic mass is 19.4. The molecule has 0 unspecified atom stereocenters. The molecule has 2 aromatic rings. The van der Waals surface area contributed by atoms with Gasteiger partial charge in [-0.2, -0.15) is 18.3 Å². The number of alkyl halides is 3. The van der Waals surface area contributed by atoms with Crippen LogP contribution in [0.3, 0.4) is 0 Å². The smallest absolute Gasteiger partial charge is 0.435 e. The van der Waals surface area contributed by atoms with Gasteiger partial charge in [-0.05, 0) is 12.1 Å². The Morgan fingerprint density at radius 1 is 1.44 bits per heavy atom. The van der Waals surface area contributed by atoms with Gasteiger partial charge in [0.15, 0.2) is 5.69 Å². The number of carboxylic acids is 1. The highest BCUT2D eigenvalue weighted by molar-refractivity contribution is 5.88. The number of carbonyl (C=O) groups is 1. The minimum absolute atomic E-state index is 0.0410. The first-order chi connectivity index (χ1) is 8.38. The highest BCUT2D eigenvalue weighted by Crippen LogP contribution is 2.27. The Bertz CT molecular complexity index is 571. The molecule has 0 fully saturated rings. The fraction of sp³-hybridized carbons (Fsp3) is 0.200. The molecular weight excluding hydrogens is 253 g/mol. The Labute approximate surface area is 98.4 Å². The highest BCUT2D eigenvalue weighted by Gasteiger charge is 2.33. The van der Waals surface area contributed by atoms with E-state index in [1.165, 1.54) is 6.07 Å². The van der Waals surface area contributed by atoms with Gasteiger partial charge in [0.05, 0.1) is 12.8 Å². The second kappa shape index (κ2) is 4.21. The lowest BCUT2D eigenvalue weighted by molar-refractivity contribution is -0.141. The van der Waals surface area contributed by atoms with Crippen LogP contribution in [0.2, 0.25) is 0 Å². The molecule has 0 radical (unpaired) electrons. The maximum Gasteiger partial charge on any atom is 0.435 e. The van der Waals surface area contributed by atoms with E-state index in [-0.39, 0.29) is 17.9 Å². The van der Waals surface area contributed by atoms with Gasteiger partial charge in [0.25, 0.3) is 0 Å². The van der Waals surface area contributed by atoms with Crippen LogP contribution in [0.1, 0.15) is 21.8 Å². The quantitative estimate of drug-likeness (QED) is 0.918. The van der Waals surface area contributed by atoms with Gasteiger partial charge in [0.1, 0.15) is 11.3 Å². The lowest BCUT2D eigenvalue weighted by Gasteiger charge is -2.02. The van der Waals surface area contributed by atoms with Crippen molar-refractivity contribution in [2.75, 3.05) is 0 Å². The standard InChI is InChI=1S/C10H7F3N2O3/c11-10(12,13)8-1-3-15(14-8)5-7-6(9(16)17)2-4-18-7/h1-4H,5H2,(H,16,17). The summed E-state index contributed by atoms with van der Waals surface area (Å²) in [5.41, 5.74) is -1.13. The summed E-state index contributed by atoms with van der Waals surface area (Å²) in [4.78, 5) is 10.8. The molecule has 0 atom stereocenters. The first-order valence-electron chi connectivity index (χ1n) is 4.78. The molecule has 0 amide bonds. The molecule has 1 N–H and O–H groups in total. The van der Waals surface area contributed by atoms with Gasteiger partial charge in [0, 0.05) is 6.20 Å². The zero-order chi connectivity index (χ0) is 13.3. The third-order valence-electron chi connectivity index (χ3n) is 2.21. The Morgan fingerprint density at radius 2 is 2.17 bits per heavy atom. The first kappa shape index (κ1) is 12.2. The van der Waals surface area contributed by atoms with Crippen LogP contribution in [0.25, 0.3) is 0 Å². The van der Waals surface area contributed by atoms with Crippen LogP contribution in [-0.4, -0.2) is 20.9 Å². The number of aromatic nitrogens is 2. The van der Waals surface area contributed by atoms with Crippen LogP contribution in [-0.2, 0) is 12.7 Å². The second-order valence-electron chi connectivity index (χ2n) is 3.46. The van der Waals surface area contributed by atoms with E-state index in [9.17, 15) is 18.0 Å². The maximum atomic E-state index is 12.3. The minimum atomic E-state index is -4.52. The van der Waals surface area contributed by atoms with Crippen molar-refractivity contribution in [2.24, 2.45) is 0 Å². The molecule has 2 heterocycles. The zero-order valence-corrected chi connectivity index (χ0v) is 8.81. The molecular formula is C10H7F3N2O3. The second-order valence-corrected chi connectivity index (χ2v) is 3.46. The monoisotopic (exact) mass is 260 g/mol. The number of halogens is 3. The Kier molecular flexibility index (Phi) is 2.85. The van der Waals surface area contributed by atoms with Crippen molar-refractivity contribution in [3.8, 4) is 0 Å².